The number of methoxy groups -OCH3 is 2. The minimum absolute atomic E-state index is 0.0406. The number of nitrogens with one attached hydrogen (secondary N) is 3. The Balaban J connectivity index is 1.51. The second kappa shape index (κ2) is 9.63. The molecule has 0 radical (unpaired) electrons. The number of benzene rings is 2. The van der Waals surface area contributed by atoms with Gasteiger partial charge in [0.1, 0.15) is 6.54 Å². The van der Waals surface area contributed by atoms with E-state index < -0.39 is 0 Å². The Bertz CT molecular complexity index is 942. The van der Waals surface area contributed by atoms with Gasteiger partial charge in [-0.15, -0.1) is 0 Å². The smallest absolute Gasteiger partial charge is 0.275 e. The fourth-order valence-electron chi connectivity index (χ4n) is 3.73. The third-order valence-electron chi connectivity index (χ3n) is 5.63. The summed E-state index contributed by atoms with van der Waals surface area (Å²) in [6.45, 7) is 5.83. The quantitative estimate of drug-likeness (QED) is 0.634. The van der Waals surface area contributed by atoms with Gasteiger partial charge < -0.3 is 25.0 Å². The van der Waals surface area contributed by atoms with Crippen LogP contribution in [0.5, 0.6) is 11.5 Å². The molecule has 0 bridgehead atoms. The van der Waals surface area contributed by atoms with Gasteiger partial charge in [-0.2, -0.15) is 0 Å². The molecule has 0 saturated heterocycles. The minimum atomic E-state index is -0.229. The summed E-state index contributed by atoms with van der Waals surface area (Å²) in [7, 11) is 3.25. The van der Waals surface area contributed by atoms with Gasteiger partial charge in [0.25, 0.3) is 5.91 Å². The molecule has 1 aliphatic heterocycles. The summed E-state index contributed by atoms with van der Waals surface area (Å²) in [5.74, 6) is 1.07. The van der Waals surface area contributed by atoms with Crippen LogP contribution in [0.1, 0.15) is 22.3 Å². The molecule has 1 unspecified atom stereocenters. The van der Waals surface area contributed by atoms with Crippen molar-refractivity contribution in [2.24, 2.45) is 0 Å². The first-order chi connectivity index (χ1) is 14.4. The molecular formula is C23H30N3O4+. The van der Waals surface area contributed by atoms with Crippen LogP contribution in [0.15, 0.2) is 30.3 Å². The van der Waals surface area contributed by atoms with Crippen molar-refractivity contribution in [3.8, 4) is 11.5 Å². The lowest BCUT2D eigenvalue weighted by Gasteiger charge is -2.26. The summed E-state index contributed by atoms with van der Waals surface area (Å²) < 4.78 is 10.8. The van der Waals surface area contributed by atoms with E-state index in [0.717, 1.165) is 52.5 Å². The van der Waals surface area contributed by atoms with Crippen LogP contribution in [0.3, 0.4) is 0 Å². The number of fused-ring (bicyclic) bond motifs is 1. The standard InChI is InChI=1S/C23H29N3O4/c1-15-6-5-7-19(16(15)2)25-22(27)12-24-23(28)14-26-9-8-17-10-20(29-3)21(30-4)11-18(17)13-26/h5-7,10-11H,8-9,12-14H2,1-4H3,(H,24,28)(H,25,27)/p+1. The average molecular weight is 413 g/mol. The number of anilines is 1. The molecule has 0 spiro atoms. The van der Waals surface area contributed by atoms with E-state index in [4.69, 9.17) is 9.47 Å². The summed E-state index contributed by atoms with van der Waals surface area (Å²) in [4.78, 5) is 25.7. The van der Waals surface area contributed by atoms with Crippen LogP contribution in [-0.4, -0.2) is 45.7 Å². The molecule has 1 aliphatic rings. The highest BCUT2D eigenvalue weighted by Gasteiger charge is 2.24. The van der Waals surface area contributed by atoms with E-state index in [2.05, 4.69) is 10.6 Å². The first kappa shape index (κ1) is 21.6. The topological polar surface area (TPSA) is 81.1 Å². The Labute approximate surface area is 177 Å². The molecule has 2 amide bonds. The Morgan fingerprint density at radius 1 is 1.03 bits per heavy atom. The molecule has 1 heterocycles. The number of rotatable bonds is 7. The van der Waals surface area contributed by atoms with Crippen LogP contribution >= 0.6 is 0 Å². The lowest BCUT2D eigenvalue weighted by atomic mass is 9.99. The number of hydrogen-bond donors (Lipinski definition) is 3. The predicted octanol–water partition coefficient (Wildman–Crippen LogP) is 1.02. The largest absolute Gasteiger partial charge is 0.493 e. The van der Waals surface area contributed by atoms with E-state index in [1.54, 1.807) is 14.2 Å². The molecule has 160 valence electrons. The minimum Gasteiger partial charge on any atom is -0.493 e. The van der Waals surface area contributed by atoms with Crippen LogP contribution < -0.4 is 25.0 Å². The van der Waals surface area contributed by atoms with Gasteiger partial charge in [0, 0.05) is 17.7 Å². The monoisotopic (exact) mass is 412 g/mol. The first-order valence-electron chi connectivity index (χ1n) is 10.1. The molecule has 7 nitrogen and oxygen atoms in total. The van der Waals surface area contributed by atoms with Crippen molar-refractivity contribution in [1.82, 2.24) is 5.32 Å². The molecule has 1 atom stereocenters. The maximum atomic E-state index is 12.4. The summed E-state index contributed by atoms with van der Waals surface area (Å²) >= 11 is 0. The third kappa shape index (κ3) is 5.10. The Hall–Kier alpha value is -3.06. The molecular weight excluding hydrogens is 382 g/mol. The summed E-state index contributed by atoms with van der Waals surface area (Å²) in [5.41, 5.74) is 5.30. The third-order valence-corrected chi connectivity index (χ3v) is 5.63. The molecule has 0 saturated carbocycles. The van der Waals surface area contributed by atoms with Gasteiger partial charge in [-0.3, -0.25) is 9.59 Å². The van der Waals surface area contributed by atoms with Crippen molar-refractivity contribution in [3.05, 3.63) is 52.6 Å². The summed E-state index contributed by atoms with van der Waals surface area (Å²) in [6, 6.07) is 9.77. The van der Waals surface area contributed by atoms with E-state index in [1.807, 2.05) is 44.2 Å². The number of carbonyl (C=O) groups is 2. The first-order valence-corrected chi connectivity index (χ1v) is 10.1. The zero-order valence-electron chi connectivity index (χ0n) is 18.1. The average Bonchev–Trinajstić information content (AvgIpc) is 2.74. The normalized spacial score (nSPS) is 15.1. The SMILES string of the molecule is COc1cc2c(cc1OC)C[NH+](CC(=O)NCC(=O)Nc1cccc(C)c1C)CC2. The molecule has 0 aliphatic carbocycles. The second-order valence-corrected chi connectivity index (χ2v) is 7.65. The highest BCUT2D eigenvalue weighted by Crippen LogP contribution is 2.31. The van der Waals surface area contributed by atoms with Gasteiger partial charge >= 0.3 is 0 Å². The van der Waals surface area contributed by atoms with Crippen molar-refractivity contribution in [1.29, 1.82) is 0 Å². The van der Waals surface area contributed by atoms with Gasteiger partial charge in [-0.05, 0) is 48.7 Å². The van der Waals surface area contributed by atoms with Gasteiger partial charge in [0.05, 0.1) is 27.3 Å². The number of ether oxygens (including phenoxy) is 2. The molecule has 2 aromatic rings. The van der Waals surface area contributed by atoms with Gasteiger partial charge in [-0.1, -0.05) is 12.1 Å². The number of aryl methyl sites for hydroxylation is 1. The highest BCUT2D eigenvalue weighted by atomic mass is 16.5. The number of quaternary nitrogens is 1. The Morgan fingerprint density at radius 3 is 2.43 bits per heavy atom. The molecule has 3 rings (SSSR count). The van der Waals surface area contributed by atoms with Crippen LogP contribution in [0.4, 0.5) is 5.69 Å². The van der Waals surface area contributed by atoms with Crippen molar-refractivity contribution in [3.63, 3.8) is 0 Å². The van der Waals surface area contributed by atoms with E-state index in [0.29, 0.717) is 12.3 Å². The zero-order chi connectivity index (χ0) is 21.7. The molecule has 2 aromatic carbocycles. The van der Waals surface area contributed by atoms with Crippen LogP contribution in [0, 0.1) is 13.8 Å². The van der Waals surface area contributed by atoms with Gasteiger partial charge in [0.15, 0.2) is 18.0 Å². The fraction of sp³-hybridized carbons (Fsp3) is 0.391. The van der Waals surface area contributed by atoms with E-state index in [9.17, 15) is 9.59 Å². The second-order valence-electron chi connectivity index (χ2n) is 7.65. The predicted molar refractivity (Wildman–Crippen MR) is 115 cm³/mol. The Morgan fingerprint density at radius 2 is 1.73 bits per heavy atom. The lowest BCUT2D eigenvalue weighted by molar-refractivity contribution is -0.908. The number of carbonyl (C=O) groups excluding carboxylic acids is 2. The fourth-order valence-corrected chi connectivity index (χ4v) is 3.73. The maximum absolute atomic E-state index is 12.4. The van der Waals surface area contributed by atoms with Crippen LogP contribution in [0.25, 0.3) is 0 Å². The van der Waals surface area contributed by atoms with E-state index in [-0.39, 0.29) is 18.4 Å². The molecule has 30 heavy (non-hydrogen) atoms. The zero-order valence-corrected chi connectivity index (χ0v) is 18.1. The van der Waals surface area contributed by atoms with Crippen LogP contribution in [0.2, 0.25) is 0 Å². The van der Waals surface area contributed by atoms with Gasteiger partial charge in [0.2, 0.25) is 5.91 Å². The number of amides is 2. The van der Waals surface area contributed by atoms with Crippen molar-refractivity contribution in [2.75, 3.05) is 39.2 Å². The molecule has 7 heteroatoms. The molecule has 0 aromatic heterocycles. The lowest BCUT2D eigenvalue weighted by Crippen LogP contribution is -3.12. The van der Waals surface area contributed by atoms with Gasteiger partial charge in [-0.25, -0.2) is 0 Å². The molecule has 3 N–H and O–H groups in total. The summed E-state index contributed by atoms with van der Waals surface area (Å²) in [6.07, 6.45) is 0.866. The van der Waals surface area contributed by atoms with Crippen molar-refractivity contribution < 1.29 is 24.0 Å². The number of hydrogen-bond acceptors (Lipinski definition) is 4. The van der Waals surface area contributed by atoms with Crippen LogP contribution in [-0.2, 0) is 22.6 Å². The maximum Gasteiger partial charge on any atom is 0.275 e. The van der Waals surface area contributed by atoms with E-state index >= 15 is 0 Å². The highest BCUT2D eigenvalue weighted by molar-refractivity contribution is 5.95. The summed E-state index contributed by atoms with van der Waals surface area (Å²) in [5, 5.41) is 5.59. The Kier molecular flexibility index (Phi) is 6.95. The van der Waals surface area contributed by atoms with Crippen molar-refractivity contribution >= 4 is 17.5 Å². The van der Waals surface area contributed by atoms with E-state index in [1.165, 1.54) is 5.56 Å². The molecule has 0 fully saturated rings. The van der Waals surface area contributed by atoms with Crippen molar-refractivity contribution in [2.45, 2.75) is 26.8 Å².